The highest BCUT2D eigenvalue weighted by molar-refractivity contribution is 5.81. The normalized spacial score (nSPS) is 21.3. The van der Waals surface area contributed by atoms with Gasteiger partial charge in [-0.25, -0.2) is 4.79 Å². The molecule has 0 bridgehead atoms. The van der Waals surface area contributed by atoms with E-state index in [1.807, 2.05) is 13.8 Å². The zero-order valence-electron chi connectivity index (χ0n) is 12.1. The van der Waals surface area contributed by atoms with Crippen molar-refractivity contribution in [3.05, 3.63) is 0 Å². The van der Waals surface area contributed by atoms with Gasteiger partial charge in [0.2, 0.25) is 0 Å². The highest BCUT2D eigenvalue weighted by atomic mass is 16.4. The largest absolute Gasteiger partial charge is 0.548 e. The Balaban J connectivity index is 2.62. The smallest absolute Gasteiger partial charge is 0.318 e. The summed E-state index contributed by atoms with van der Waals surface area (Å²) in [6.45, 7) is 6.63. The molecule has 110 valence electrons. The second-order valence-corrected chi connectivity index (χ2v) is 5.70. The van der Waals surface area contributed by atoms with Gasteiger partial charge in [0.25, 0.3) is 0 Å². The van der Waals surface area contributed by atoms with Crippen LogP contribution in [-0.2, 0) is 4.79 Å². The fraction of sp³-hybridized carbons (Fsp3) is 0.857. The summed E-state index contributed by atoms with van der Waals surface area (Å²) in [7, 11) is 0. The molecule has 1 saturated heterocycles. The van der Waals surface area contributed by atoms with Crippen molar-refractivity contribution >= 4 is 12.0 Å². The molecule has 19 heavy (non-hydrogen) atoms. The Labute approximate surface area is 115 Å². The molecule has 5 nitrogen and oxygen atoms in total. The van der Waals surface area contributed by atoms with E-state index in [0.717, 1.165) is 25.7 Å². The van der Waals surface area contributed by atoms with Gasteiger partial charge in [-0.2, -0.15) is 0 Å². The second-order valence-electron chi connectivity index (χ2n) is 5.70. The summed E-state index contributed by atoms with van der Waals surface area (Å²) in [5, 5.41) is 13.7. The van der Waals surface area contributed by atoms with Crippen molar-refractivity contribution in [1.82, 2.24) is 10.2 Å². The third-order valence-corrected chi connectivity index (χ3v) is 3.65. The minimum atomic E-state index is -1.20. The first-order chi connectivity index (χ1) is 8.95. The van der Waals surface area contributed by atoms with Crippen LogP contribution >= 0.6 is 0 Å². The number of urea groups is 1. The zero-order chi connectivity index (χ0) is 14.4. The molecule has 2 amide bonds. The Bertz CT molecular complexity index is 318. The summed E-state index contributed by atoms with van der Waals surface area (Å²) in [5.74, 6) is -1.00. The molecule has 1 fully saturated rings. The molecule has 0 aromatic rings. The monoisotopic (exact) mass is 269 g/mol. The number of rotatable bonds is 5. The summed E-state index contributed by atoms with van der Waals surface area (Å²) >= 11 is 0. The van der Waals surface area contributed by atoms with Crippen molar-refractivity contribution in [3.63, 3.8) is 0 Å². The maximum atomic E-state index is 12.2. The summed E-state index contributed by atoms with van der Waals surface area (Å²) in [6, 6.07) is -0.927. The Morgan fingerprint density at radius 3 is 2.58 bits per heavy atom. The summed E-state index contributed by atoms with van der Waals surface area (Å²) < 4.78 is 0. The standard InChI is InChI=1S/C14H26N2O3/c1-4-11-7-5-6-8-16(11)14(19)15-12(13(17)18)9-10(2)3/h10-12H,4-9H2,1-3H3,(H,15,19)(H,17,18)/p-1/t11-,12-/m0/s1. The highest BCUT2D eigenvalue weighted by Crippen LogP contribution is 2.19. The van der Waals surface area contributed by atoms with Crippen molar-refractivity contribution in [1.29, 1.82) is 0 Å². The molecule has 0 unspecified atom stereocenters. The van der Waals surface area contributed by atoms with Crippen LogP contribution in [0.25, 0.3) is 0 Å². The van der Waals surface area contributed by atoms with Gasteiger partial charge in [-0.3, -0.25) is 0 Å². The number of nitrogens with zero attached hydrogens (tertiary/aromatic N) is 1. The summed E-state index contributed by atoms with van der Waals surface area (Å²) in [4.78, 5) is 25.0. The van der Waals surface area contributed by atoms with Gasteiger partial charge in [-0.1, -0.05) is 20.8 Å². The third-order valence-electron chi connectivity index (χ3n) is 3.65. The van der Waals surface area contributed by atoms with E-state index in [0.29, 0.717) is 13.0 Å². The van der Waals surface area contributed by atoms with E-state index in [1.54, 1.807) is 4.90 Å². The van der Waals surface area contributed by atoms with Crippen molar-refractivity contribution < 1.29 is 14.7 Å². The van der Waals surface area contributed by atoms with E-state index >= 15 is 0 Å². The van der Waals surface area contributed by atoms with E-state index in [1.165, 1.54) is 0 Å². The molecular formula is C14H25N2O3-. The number of likely N-dealkylation sites (tertiary alicyclic amines) is 1. The number of nitrogens with one attached hydrogen (secondary N) is 1. The topological polar surface area (TPSA) is 72.5 Å². The number of carbonyl (C=O) groups excluding carboxylic acids is 2. The van der Waals surface area contributed by atoms with Crippen molar-refractivity contribution in [2.45, 2.75) is 65.0 Å². The lowest BCUT2D eigenvalue weighted by molar-refractivity contribution is -0.308. The predicted molar refractivity (Wildman–Crippen MR) is 71.4 cm³/mol. The van der Waals surface area contributed by atoms with Crippen molar-refractivity contribution in [2.75, 3.05) is 6.54 Å². The van der Waals surface area contributed by atoms with Gasteiger partial charge in [0.1, 0.15) is 0 Å². The Morgan fingerprint density at radius 1 is 1.37 bits per heavy atom. The minimum Gasteiger partial charge on any atom is -0.548 e. The number of piperidine rings is 1. The third kappa shape index (κ3) is 4.73. The first-order valence-corrected chi connectivity index (χ1v) is 7.23. The molecule has 0 aromatic carbocycles. The molecule has 1 heterocycles. The molecule has 0 aliphatic carbocycles. The minimum absolute atomic E-state index is 0.200. The Hall–Kier alpha value is -1.26. The van der Waals surface area contributed by atoms with Crippen LogP contribution < -0.4 is 10.4 Å². The van der Waals surface area contributed by atoms with E-state index in [9.17, 15) is 14.7 Å². The lowest BCUT2D eigenvalue weighted by atomic mass is 10.0. The number of carboxylic acid groups (broad SMARTS) is 1. The van der Waals surface area contributed by atoms with Crippen LogP contribution in [0.3, 0.4) is 0 Å². The SMILES string of the molecule is CC[C@H]1CCCCN1C(=O)N[C@@H](CC(C)C)C(=O)[O-]. The van der Waals surface area contributed by atoms with Crippen LogP contribution in [0.5, 0.6) is 0 Å². The average Bonchev–Trinajstić information content (AvgIpc) is 2.37. The Kier molecular flexibility index (Phi) is 6.12. The maximum Gasteiger partial charge on any atom is 0.318 e. The van der Waals surface area contributed by atoms with E-state index < -0.39 is 12.0 Å². The molecule has 1 rings (SSSR count). The second kappa shape index (κ2) is 7.36. The van der Waals surface area contributed by atoms with Crippen molar-refractivity contribution in [2.24, 2.45) is 5.92 Å². The van der Waals surface area contributed by atoms with E-state index in [4.69, 9.17) is 0 Å². The summed E-state index contributed by atoms with van der Waals surface area (Å²) in [5.41, 5.74) is 0. The maximum absolute atomic E-state index is 12.2. The molecule has 0 spiro atoms. The van der Waals surface area contributed by atoms with Gasteiger partial charge in [0.15, 0.2) is 0 Å². The molecule has 1 aliphatic rings. The molecular weight excluding hydrogens is 244 g/mol. The van der Waals surface area contributed by atoms with Gasteiger partial charge >= 0.3 is 6.03 Å². The number of hydrogen-bond acceptors (Lipinski definition) is 3. The fourth-order valence-electron chi connectivity index (χ4n) is 2.61. The van der Waals surface area contributed by atoms with Crippen molar-refractivity contribution in [3.8, 4) is 0 Å². The van der Waals surface area contributed by atoms with Crippen LogP contribution in [0.2, 0.25) is 0 Å². The average molecular weight is 269 g/mol. The van der Waals surface area contributed by atoms with Gasteiger partial charge < -0.3 is 20.1 Å². The lowest BCUT2D eigenvalue weighted by Gasteiger charge is -2.36. The number of aliphatic carboxylic acids is 1. The number of carbonyl (C=O) groups is 2. The molecule has 0 saturated carbocycles. The molecule has 1 N–H and O–H groups in total. The first kappa shape index (κ1) is 15.8. The van der Waals surface area contributed by atoms with Crippen LogP contribution in [0.1, 0.15) is 52.9 Å². The molecule has 5 heteroatoms. The first-order valence-electron chi connectivity index (χ1n) is 7.23. The highest BCUT2D eigenvalue weighted by Gasteiger charge is 2.27. The van der Waals surface area contributed by atoms with Gasteiger partial charge in [0.05, 0.1) is 12.0 Å². The molecule has 0 radical (unpaired) electrons. The lowest BCUT2D eigenvalue weighted by Crippen LogP contribution is -2.55. The number of hydrogen-bond donors (Lipinski definition) is 1. The fourth-order valence-corrected chi connectivity index (χ4v) is 2.61. The molecule has 0 aromatic heterocycles. The predicted octanol–water partition coefficient (Wildman–Crippen LogP) is 1.13. The number of amides is 2. The van der Waals surface area contributed by atoms with Crippen LogP contribution in [0.4, 0.5) is 4.79 Å². The number of carboxylic acids is 1. The molecule has 2 atom stereocenters. The van der Waals surface area contributed by atoms with E-state index in [2.05, 4.69) is 12.2 Å². The van der Waals surface area contributed by atoms with Gasteiger partial charge in [-0.05, 0) is 38.0 Å². The van der Waals surface area contributed by atoms with Crippen LogP contribution in [0.15, 0.2) is 0 Å². The van der Waals surface area contributed by atoms with Crippen LogP contribution in [-0.4, -0.2) is 35.5 Å². The van der Waals surface area contributed by atoms with E-state index in [-0.39, 0.29) is 18.0 Å². The Morgan fingerprint density at radius 2 is 2.05 bits per heavy atom. The van der Waals surface area contributed by atoms with Gasteiger partial charge in [-0.15, -0.1) is 0 Å². The summed E-state index contributed by atoms with van der Waals surface area (Å²) in [6.07, 6.45) is 4.44. The van der Waals surface area contributed by atoms with Crippen LogP contribution in [0, 0.1) is 5.92 Å². The molecule has 1 aliphatic heterocycles. The quantitative estimate of drug-likeness (QED) is 0.813. The van der Waals surface area contributed by atoms with Gasteiger partial charge in [0, 0.05) is 12.6 Å². The zero-order valence-corrected chi connectivity index (χ0v) is 12.1.